The molecule has 0 unspecified atom stereocenters. The zero-order valence-corrected chi connectivity index (χ0v) is 10.6. The molecule has 6 heteroatoms. The molecule has 2 aromatic rings. The van der Waals surface area contributed by atoms with Crippen molar-refractivity contribution in [1.29, 1.82) is 0 Å². The Morgan fingerprint density at radius 3 is 2.89 bits per heavy atom. The van der Waals surface area contributed by atoms with Crippen LogP contribution >= 0.6 is 11.3 Å². The Kier molecular flexibility index (Phi) is 3.57. The molecule has 94 valence electrons. The van der Waals surface area contributed by atoms with Gasteiger partial charge in [0, 0.05) is 30.1 Å². The summed E-state index contributed by atoms with van der Waals surface area (Å²) < 4.78 is 1.51. The number of carboxylic acid groups (broad SMARTS) is 1. The van der Waals surface area contributed by atoms with Crippen molar-refractivity contribution in [2.75, 3.05) is 0 Å². The van der Waals surface area contributed by atoms with Crippen LogP contribution in [0.3, 0.4) is 0 Å². The molecule has 0 radical (unpaired) electrons. The van der Waals surface area contributed by atoms with Crippen LogP contribution in [0.25, 0.3) is 0 Å². The zero-order chi connectivity index (χ0) is 13.1. The molecule has 0 amide bonds. The molecule has 18 heavy (non-hydrogen) atoms. The highest BCUT2D eigenvalue weighted by Gasteiger charge is 2.06. The van der Waals surface area contributed by atoms with Crippen LogP contribution in [0, 0.1) is 6.92 Å². The predicted octanol–water partition coefficient (Wildman–Crippen LogP) is 1.55. The SMILES string of the molecule is Cc1ncsc1CCn1ccc(C(=O)O)cc1=O. The first kappa shape index (κ1) is 12.5. The predicted molar refractivity (Wildman–Crippen MR) is 68.2 cm³/mol. The molecule has 2 aromatic heterocycles. The molecule has 5 nitrogen and oxygen atoms in total. The molecule has 0 aromatic carbocycles. The highest BCUT2D eigenvalue weighted by Crippen LogP contribution is 2.13. The maximum Gasteiger partial charge on any atom is 0.335 e. The van der Waals surface area contributed by atoms with Crippen molar-refractivity contribution in [1.82, 2.24) is 9.55 Å². The third-order valence-electron chi connectivity index (χ3n) is 2.67. The molecule has 0 fully saturated rings. The monoisotopic (exact) mass is 264 g/mol. The van der Waals surface area contributed by atoms with Gasteiger partial charge in [0.25, 0.3) is 5.56 Å². The normalized spacial score (nSPS) is 10.5. The molecule has 0 saturated carbocycles. The van der Waals surface area contributed by atoms with E-state index in [0.29, 0.717) is 6.54 Å². The van der Waals surface area contributed by atoms with Crippen molar-refractivity contribution in [2.24, 2.45) is 0 Å². The maximum atomic E-state index is 11.7. The van der Waals surface area contributed by atoms with Crippen LogP contribution in [0.4, 0.5) is 0 Å². The van der Waals surface area contributed by atoms with Crippen LogP contribution in [0.2, 0.25) is 0 Å². The highest BCUT2D eigenvalue weighted by atomic mass is 32.1. The lowest BCUT2D eigenvalue weighted by molar-refractivity contribution is 0.0696. The van der Waals surface area contributed by atoms with Gasteiger partial charge in [-0.25, -0.2) is 9.78 Å². The summed E-state index contributed by atoms with van der Waals surface area (Å²) in [6.07, 6.45) is 2.24. The first-order chi connectivity index (χ1) is 8.58. The number of carboxylic acids is 1. The lowest BCUT2D eigenvalue weighted by Gasteiger charge is -2.05. The number of thiazole rings is 1. The van der Waals surface area contributed by atoms with Gasteiger partial charge in [0.1, 0.15) is 0 Å². The number of pyridine rings is 1. The van der Waals surface area contributed by atoms with E-state index in [0.717, 1.165) is 23.1 Å². The molecule has 0 aliphatic rings. The molecule has 0 saturated heterocycles. The molecular formula is C12H12N2O3S. The summed E-state index contributed by atoms with van der Waals surface area (Å²) >= 11 is 1.56. The van der Waals surface area contributed by atoms with E-state index in [-0.39, 0.29) is 11.1 Å². The zero-order valence-electron chi connectivity index (χ0n) is 9.79. The molecule has 0 aliphatic carbocycles. The molecule has 0 atom stereocenters. The first-order valence-electron chi connectivity index (χ1n) is 5.40. The van der Waals surface area contributed by atoms with E-state index in [1.54, 1.807) is 16.8 Å². The lowest BCUT2D eigenvalue weighted by Crippen LogP contribution is -2.21. The number of carbonyl (C=O) groups is 1. The van der Waals surface area contributed by atoms with Gasteiger partial charge in [0.15, 0.2) is 0 Å². The Morgan fingerprint density at radius 1 is 1.56 bits per heavy atom. The number of aromatic carboxylic acids is 1. The second kappa shape index (κ2) is 5.14. The van der Waals surface area contributed by atoms with Gasteiger partial charge < -0.3 is 9.67 Å². The summed E-state index contributed by atoms with van der Waals surface area (Å²) in [5.74, 6) is -1.09. The van der Waals surface area contributed by atoms with Gasteiger partial charge in [0.2, 0.25) is 0 Å². The van der Waals surface area contributed by atoms with Gasteiger partial charge in [0.05, 0.1) is 16.8 Å². The van der Waals surface area contributed by atoms with Crippen LogP contribution < -0.4 is 5.56 Å². The highest BCUT2D eigenvalue weighted by molar-refractivity contribution is 7.09. The number of rotatable bonds is 4. The van der Waals surface area contributed by atoms with Crippen LogP contribution in [0.1, 0.15) is 20.9 Å². The van der Waals surface area contributed by atoms with Crippen LogP contribution in [-0.2, 0) is 13.0 Å². The van der Waals surface area contributed by atoms with Gasteiger partial charge in [-0.3, -0.25) is 4.79 Å². The topological polar surface area (TPSA) is 72.2 Å². The van der Waals surface area contributed by atoms with Crippen molar-refractivity contribution < 1.29 is 9.90 Å². The number of nitrogens with zero attached hydrogens (tertiary/aromatic N) is 2. The third-order valence-corrected chi connectivity index (χ3v) is 3.66. The molecule has 0 bridgehead atoms. The van der Waals surface area contributed by atoms with E-state index < -0.39 is 5.97 Å². The minimum Gasteiger partial charge on any atom is -0.478 e. The molecule has 2 rings (SSSR count). The van der Waals surface area contributed by atoms with E-state index in [1.165, 1.54) is 16.8 Å². The van der Waals surface area contributed by atoms with Gasteiger partial charge in [-0.1, -0.05) is 0 Å². The number of hydrogen-bond acceptors (Lipinski definition) is 4. The smallest absolute Gasteiger partial charge is 0.335 e. The standard InChI is InChI=1S/C12H12N2O3S/c1-8-10(18-7-13-8)3-5-14-4-2-9(12(16)17)6-11(14)15/h2,4,6-7H,3,5H2,1H3,(H,16,17). The quantitative estimate of drug-likeness (QED) is 0.909. The molecule has 2 heterocycles. The Hall–Kier alpha value is -1.95. The summed E-state index contributed by atoms with van der Waals surface area (Å²) in [5.41, 5.74) is 2.48. The van der Waals surface area contributed by atoms with Crippen molar-refractivity contribution in [3.63, 3.8) is 0 Å². The number of aryl methyl sites for hydroxylation is 3. The Morgan fingerprint density at radius 2 is 2.33 bits per heavy atom. The first-order valence-corrected chi connectivity index (χ1v) is 6.28. The van der Waals surface area contributed by atoms with E-state index in [4.69, 9.17) is 5.11 Å². The van der Waals surface area contributed by atoms with Gasteiger partial charge >= 0.3 is 5.97 Å². The van der Waals surface area contributed by atoms with Gasteiger partial charge in [-0.05, 0) is 13.0 Å². The van der Waals surface area contributed by atoms with Gasteiger partial charge in [-0.2, -0.15) is 0 Å². The third kappa shape index (κ3) is 2.65. The average molecular weight is 264 g/mol. The summed E-state index contributed by atoms with van der Waals surface area (Å²) in [4.78, 5) is 27.7. The molecular weight excluding hydrogens is 252 g/mol. The summed E-state index contributed by atoms with van der Waals surface area (Å²) in [6, 6.07) is 2.57. The van der Waals surface area contributed by atoms with Gasteiger partial charge in [-0.15, -0.1) is 11.3 Å². The summed E-state index contributed by atoms with van der Waals surface area (Å²) in [6.45, 7) is 2.46. The second-order valence-electron chi connectivity index (χ2n) is 3.86. The van der Waals surface area contributed by atoms with E-state index in [2.05, 4.69) is 4.98 Å². The van der Waals surface area contributed by atoms with Crippen LogP contribution in [0.15, 0.2) is 28.6 Å². The fourth-order valence-electron chi connectivity index (χ4n) is 1.61. The summed E-state index contributed by atoms with van der Waals surface area (Å²) in [5, 5.41) is 8.76. The Labute approximate surface area is 107 Å². The summed E-state index contributed by atoms with van der Waals surface area (Å²) in [7, 11) is 0. The second-order valence-corrected chi connectivity index (χ2v) is 4.80. The van der Waals surface area contributed by atoms with Crippen molar-refractivity contribution in [3.05, 3.63) is 50.3 Å². The minimum atomic E-state index is -1.09. The van der Waals surface area contributed by atoms with E-state index in [1.807, 2.05) is 6.92 Å². The van der Waals surface area contributed by atoms with Crippen LogP contribution in [0.5, 0.6) is 0 Å². The number of hydrogen-bond donors (Lipinski definition) is 1. The van der Waals surface area contributed by atoms with Crippen molar-refractivity contribution in [3.8, 4) is 0 Å². The fourth-order valence-corrected chi connectivity index (χ4v) is 2.38. The molecule has 1 N–H and O–H groups in total. The van der Waals surface area contributed by atoms with Crippen molar-refractivity contribution in [2.45, 2.75) is 19.9 Å². The maximum absolute atomic E-state index is 11.7. The van der Waals surface area contributed by atoms with E-state index in [9.17, 15) is 9.59 Å². The lowest BCUT2D eigenvalue weighted by atomic mass is 10.2. The van der Waals surface area contributed by atoms with Crippen LogP contribution in [-0.4, -0.2) is 20.6 Å². The molecule has 0 aliphatic heterocycles. The molecule has 0 spiro atoms. The minimum absolute atomic E-state index is 0.0187. The Bertz CT molecular complexity index is 630. The number of aromatic nitrogens is 2. The Balaban J connectivity index is 2.13. The fraction of sp³-hybridized carbons (Fsp3) is 0.250. The average Bonchev–Trinajstić information content (AvgIpc) is 2.73. The van der Waals surface area contributed by atoms with E-state index >= 15 is 0 Å². The largest absolute Gasteiger partial charge is 0.478 e. The van der Waals surface area contributed by atoms with Crippen molar-refractivity contribution >= 4 is 17.3 Å².